The largest absolute Gasteiger partial charge is 0.0683 e. The van der Waals surface area contributed by atoms with E-state index < -0.39 is 0 Å². The second-order valence-corrected chi connectivity index (χ2v) is 8.28. The van der Waals surface area contributed by atoms with Gasteiger partial charge in [0.25, 0.3) is 0 Å². The lowest BCUT2D eigenvalue weighted by atomic mass is 9.55. The Balaban J connectivity index is 0.000000637. The van der Waals surface area contributed by atoms with Gasteiger partial charge in [0, 0.05) is 0 Å². The van der Waals surface area contributed by atoms with Crippen molar-refractivity contribution in [3.05, 3.63) is 0 Å². The maximum Gasteiger partial charge on any atom is -0.0269 e. The van der Waals surface area contributed by atoms with E-state index in [0.29, 0.717) is 16.2 Å². The van der Waals surface area contributed by atoms with E-state index in [1.54, 1.807) is 6.42 Å². The van der Waals surface area contributed by atoms with Gasteiger partial charge in [-0.15, -0.1) is 0 Å². The lowest BCUT2D eigenvalue weighted by Crippen LogP contribution is -2.40. The summed E-state index contributed by atoms with van der Waals surface area (Å²) in [7, 11) is 0. The Morgan fingerprint density at radius 1 is 0.684 bits per heavy atom. The second kappa shape index (κ2) is 5.41. The molecule has 0 radical (unpaired) electrons. The highest BCUT2D eigenvalue weighted by Gasteiger charge is 2.53. The molecule has 0 amide bonds. The van der Waals surface area contributed by atoms with Crippen LogP contribution in [0.4, 0.5) is 0 Å². The molecule has 3 aliphatic carbocycles. The van der Waals surface area contributed by atoms with Crippen LogP contribution in [-0.4, -0.2) is 0 Å². The predicted molar refractivity (Wildman–Crippen MR) is 85.3 cm³/mol. The van der Waals surface area contributed by atoms with E-state index in [9.17, 15) is 0 Å². The minimum Gasteiger partial charge on any atom is -0.0683 e. The van der Waals surface area contributed by atoms with Crippen LogP contribution in [0.2, 0.25) is 0 Å². The molecule has 0 aromatic carbocycles. The molecule has 0 nitrogen and oxygen atoms in total. The molecule has 4 atom stereocenters. The van der Waals surface area contributed by atoms with Crippen molar-refractivity contribution in [2.75, 3.05) is 0 Å². The van der Waals surface area contributed by atoms with Crippen LogP contribution in [-0.2, 0) is 0 Å². The van der Waals surface area contributed by atoms with Crippen LogP contribution in [0.5, 0.6) is 0 Å². The Morgan fingerprint density at radius 2 is 1.32 bits per heavy atom. The quantitative estimate of drug-likeness (QED) is 0.463. The molecule has 0 spiro atoms. The molecule has 0 aromatic rings. The van der Waals surface area contributed by atoms with Crippen LogP contribution >= 0.6 is 0 Å². The third kappa shape index (κ3) is 2.49. The molecule has 3 saturated carbocycles. The molecule has 0 N–H and O–H groups in total. The van der Waals surface area contributed by atoms with Crippen molar-refractivity contribution >= 4 is 0 Å². The molecule has 0 saturated heterocycles. The van der Waals surface area contributed by atoms with Crippen molar-refractivity contribution in [1.82, 2.24) is 0 Å². The lowest BCUT2D eigenvalue weighted by molar-refractivity contribution is 0.00517. The molecule has 0 heterocycles. The molecule has 4 bridgehead atoms. The molecule has 3 fully saturated rings. The summed E-state index contributed by atoms with van der Waals surface area (Å²) >= 11 is 0. The maximum atomic E-state index is 2.64. The van der Waals surface area contributed by atoms with Gasteiger partial charge in [0.05, 0.1) is 0 Å². The zero-order chi connectivity index (χ0) is 14.1. The van der Waals surface area contributed by atoms with Crippen LogP contribution in [0.1, 0.15) is 98.8 Å². The van der Waals surface area contributed by atoms with Crippen LogP contribution in [0.15, 0.2) is 0 Å². The first-order valence-electron chi connectivity index (χ1n) is 8.98. The SMILES string of the molecule is CC.CC12CCCCC(C)(CC1)C1(C)CCCC2C1. The van der Waals surface area contributed by atoms with Crippen molar-refractivity contribution in [2.24, 2.45) is 22.2 Å². The Morgan fingerprint density at radius 3 is 2.05 bits per heavy atom. The van der Waals surface area contributed by atoms with E-state index in [0.717, 1.165) is 5.92 Å². The number of hydrogen-bond donors (Lipinski definition) is 0. The van der Waals surface area contributed by atoms with Gasteiger partial charge in [-0.1, -0.05) is 53.9 Å². The third-order valence-corrected chi connectivity index (χ3v) is 7.40. The fourth-order valence-corrected chi connectivity index (χ4v) is 5.50. The van der Waals surface area contributed by atoms with Gasteiger partial charge >= 0.3 is 0 Å². The van der Waals surface area contributed by atoms with E-state index in [4.69, 9.17) is 0 Å². The standard InChI is InChI=1S/C17H30.C2H6/c1-15-8-4-5-9-16(2,12-11-15)17(3)10-6-7-14(15)13-17;1-2/h14H,4-13H2,1-3H3;1-2H3. The number of hydrogen-bond acceptors (Lipinski definition) is 0. The zero-order valence-electron chi connectivity index (χ0n) is 14.1. The maximum absolute atomic E-state index is 2.64. The molecule has 3 rings (SSSR count). The van der Waals surface area contributed by atoms with Crippen molar-refractivity contribution in [2.45, 2.75) is 98.8 Å². The average Bonchev–Trinajstić information content (AvgIpc) is 2.44. The van der Waals surface area contributed by atoms with Gasteiger partial charge in [-0.3, -0.25) is 0 Å². The zero-order valence-corrected chi connectivity index (χ0v) is 14.1. The van der Waals surface area contributed by atoms with E-state index >= 15 is 0 Å². The predicted octanol–water partition coefficient (Wildman–Crippen LogP) is 6.59. The van der Waals surface area contributed by atoms with Crippen LogP contribution in [0.25, 0.3) is 0 Å². The molecular formula is C19H36. The van der Waals surface area contributed by atoms with Crippen molar-refractivity contribution in [3.8, 4) is 0 Å². The van der Waals surface area contributed by atoms with Crippen molar-refractivity contribution in [1.29, 1.82) is 0 Å². The fourth-order valence-electron chi connectivity index (χ4n) is 5.50. The Hall–Kier alpha value is 0. The first-order chi connectivity index (χ1) is 8.98. The highest BCUT2D eigenvalue weighted by Crippen LogP contribution is 2.64. The Kier molecular flexibility index (Phi) is 4.38. The number of fused-ring (bicyclic) bond motifs is 7. The van der Waals surface area contributed by atoms with Gasteiger partial charge in [0.1, 0.15) is 0 Å². The molecule has 0 heteroatoms. The molecule has 0 aromatic heterocycles. The first-order valence-corrected chi connectivity index (χ1v) is 8.98. The molecular weight excluding hydrogens is 228 g/mol. The highest BCUT2D eigenvalue weighted by atomic mass is 14.6. The van der Waals surface area contributed by atoms with Crippen LogP contribution in [0.3, 0.4) is 0 Å². The summed E-state index contributed by atoms with van der Waals surface area (Å²) < 4.78 is 0. The summed E-state index contributed by atoms with van der Waals surface area (Å²) in [5.74, 6) is 1.04. The first kappa shape index (κ1) is 15.4. The minimum absolute atomic E-state index is 0.657. The molecule has 0 aliphatic heterocycles. The summed E-state index contributed by atoms with van der Waals surface area (Å²) in [6.45, 7) is 11.9. The van der Waals surface area contributed by atoms with E-state index in [1.807, 2.05) is 13.8 Å². The topological polar surface area (TPSA) is 0 Å². The normalized spacial score (nSPS) is 49.4. The van der Waals surface area contributed by atoms with Gasteiger partial charge in [0.15, 0.2) is 0 Å². The third-order valence-electron chi connectivity index (χ3n) is 7.40. The van der Waals surface area contributed by atoms with Gasteiger partial charge in [-0.05, 0) is 67.1 Å². The van der Waals surface area contributed by atoms with Gasteiger partial charge in [-0.25, -0.2) is 0 Å². The van der Waals surface area contributed by atoms with Gasteiger partial charge < -0.3 is 0 Å². The van der Waals surface area contributed by atoms with Crippen LogP contribution < -0.4 is 0 Å². The molecule has 19 heavy (non-hydrogen) atoms. The fraction of sp³-hybridized carbons (Fsp3) is 1.00. The summed E-state index contributed by atoms with van der Waals surface area (Å²) in [5, 5.41) is 0. The monoisotopic (exact) mass is 264 g/mol. The lowest BCUT2D eigenvalue weighted by Gasteiger charge is -2.50. The summed E-state index contributed by atoms with van der Waals surface area (Å²) in [5.41, 5.74) is 2.02. The van der Waals surface area contributed by atoms with Gasteiger partial charge in [0.2, 0.25) is 0 Å². The van der Waals surface area contributed by atoms with Crippen LogP contribution in [0, 0.1) is 22.2 Å². The van der Waals surface area contributed by atoms with E-state index in [-0.39, 0.29) is 0 Å². The smallest absolute Gasteiger partial charge is 0.0269 e. The van der Waals surface area contributed by atoms with Crippen molar-refractivity contribution < 1.29 is 0 Å². The molecule has 3 aliphatic rings. The highest BCUT2D eigenvalue weighted by molar-refractivity contribution is 5.04. The summed E-state index contributed by atoms with van der Waals surface area (Å²) in [6.07, 6.45) is 15.1. The van der Waals surface area contributed by atoms with E-state index in [1.165, 1.54) is 57.8 Å². The van der Waals surface area contributed by atoms with E-state index in [2.05, 4.69) is 20.8 Å². The molecule has 112 valence electrons. The molecule has 4 unspecified atom stereocenters. The minimum atomic E-state index is 0.657. The van der Waals surface area contributed by atoms with Gasteiger partial charge in [-0.2, -0.15) is 0 Å². The van der Waals surface area contributed by atoms with Crippen molar-refractivity contribution in [3.63, 3.8) is 0 Å². The summed E-state index contributed by atoms with van der Waals surface area (Å²) in [4.78, 5) is 0. The summed E-state index contributed by atoms with van der Waals surface area (Å²) in [6, 6.07) is 0. The second-order valence-electron chi connectivity index (χ2n) is 8.28. The Bertz CT molecular complexity index is 305. The Labute approximate surface area is 121 Å². The number of rotatable bonds is 0. The average molecular weight is 264 g/mol.